The lowest BCUT2D eigenvalue weighted by atomic mass is 9.80. The Morgan fingerprint density at radius 1 is 0.957 bits per heavy atom. The molecule has 47 heavy (non-hydrogen) atoms. The summed E-state index contributed by atoms with van der Waals surface area (Å²) in [5, 5.41) is 6.82. The molecule has 2 saturated carbocycles. The van der Waals surface area contributed by atoms with E-state index >= 15 is 0 Å². The molecule has 6 rings (SSSR count). The summed E-state index contributed by atoms with van der Waals surface area (Å²) in [6.45, 7) is 1.42. The highest BCUT2D eigenvalue weighted by Crippen LogP contribution is 2.32. The number of oxazole rings is 1. The van der Waals surface area contributed by atoms with Gasteiger partial charge in [-0.25, -0.2) is 0 Å². The molecular weight excluding hydrogens is 620 g/mol. The van der Waals surface area contributed by atoms with E-state index in [1.807, 2.05) is 41.3 Å². The van der Waals surface area contributed by atoms with Crippen molar-refractivity contribution in [3.63, 3.8) is 0 Å². The van der Waals surface area contributed by atoms with Crippen molar-refractivity contribution in [2.45, 2.75) is 82.5 Å². The Labute approximate surface area is 279 Å². The number of nitrogens with one attached hydrogen (secondary N) is 2. The van der Waals surface area contributed by atoms with E-state index in [2.05, 4.69) is 15.6 Å². The van der Waals surface area contributed by atoms with Gasteiger partial charge in [0.25, 0.3) is 11.9 Å². The number of benzene rings is 2. The monoisotopic (exact) mass is 662 g/mol. The number of carbonyl (C=O) groups excluding carboxylic acids is 4. The first-order chi connectivity index (χ1) is 22.7. The van der Waals surface area contributed by atoms with Crippen LogP contribution in [0.3, 0.4) is 0 Å². The van der Waals surface area contributed by atoms with Crippen LogP contribution in [0, 0.1) is 11.8 Å². The Morgan fingerprint density at radius 2 is 1.70 bits per heavy atom. The van der Waals surface area contributed by atoms with Gasteiger partial charge in [-0.3, -0.25) is 24.1 Å². The smallest absolute Gasteiger partial charge is 0.296 e. The molecule has 250 valence electrons. The number of nitrogens with two attached hydrogens (primary N) is 1. The second-order valence-corrected chi connectivity index (χ2v) is 13.7. The van der Waals surface area contributed by atoms with Gasteiger partial charge in [-0.15, -0.1) is 0 Å². The highest BCUT2D eigenvalue weighted by Gasteiger charge is 2.41. The van der Waals surface area contributed by atoms with Gasteiger partial charge >= 0.3 is 0 Å². The van der Waals surface area contributed by atoms with Gasteiger partial charge in [0, 0.05) is 31.2 Å². The number of anilines is 1. The van der Waals surface area contributed by atoms with Gasteiger partial charge in [-0.1, -0.05) is 74.4 Å². The molecule has 3 fully saturated rings. The van der Waals surface area contributed by atoms with E-state index < -0.39 is 35.7 Å². The van der Waals surface area contributed by atoms with E-state index in [4.69, 9.17) is 21.8 Å². The number of Topliss-reactive ketones (excluding diaryl/α,β-unsaturated/α-hetero) is 1. The molecular formula is C35H43ClN6O5. The third-order valence-corrected chi connectivity index (χ3v) is 10.3. The molecule has 3 atom stereocenters. The second-order valence-electron chi connectivity index (χ2n) is 13.2. The van der Waals surface area contributed by atoms with Crippen molar-refractivity contribution in [3.05, 3.63) is 59.1 Å². The Balaban J connectivity index is 1.24. The van der Waals surface area contributed by atoms with E-state index in [9.17, 15) is 19.2 Å². The summed E-state index contributed by atoms with van der Waals surface area (Å²) < 4.78 is 5.96. The van der Waals surface area contributed by atoms with Crippen molar-refractivity contribution in [2.24, 2.45) is 17.6 Å². The predicted octanol–water partition coefficient (Wildman–Crippen LogP) is 4.28. The number of nitrogens with zero attached hydrogens (tertiary/aromatic N) is 3. The molecule has 3 aromatic rings. The maximum Gasteiger partial charge on any atom is 0.296 e. The van der Waals surface area contributed by atoms with Crippen LogP contribution < -0.4 is 16.4 Å². The standard InChI is InChI=1S/C35H43ClN6O5/c36-25-15-13-23(14-16-25)20-41-17-18-42(21-28(41)33(45)38-27(31(43)32(37)44)19-22-7-6-8-22)34(46)30(24-9-2-1-3-10-24)40-35-39-26-11-4-5-12-29(26)47-35/h4-5,11-16,22,24,27-28,30H,1-3,6-10,17-21H2,(H2,37,44)(H,38,45)(H,39,40)/t27?,28-,30+/m1/s1. The van der Waals surface area contributed by atoms with Crippen molar-refractivity contribution in [2.75, 3.05) is 25.0 Å². The van der Waals surface area contributed by atoms with Gasteiger partial charge in [0.1, 0.15) is 17.6 Å². The minimum Gasteiger partial charge on any atom is -0.424 e. The van der Waals surface area contributed by atoms with Crippen LogP contribution in [0.5, 0.6) is 0 Å². The lowest BCUT2D eigenvalue weighted by Gasteiger charge is -2.43. The molecule has 0 bridgehead atoms. The molecule has 12 heteroatoms. The molecule has 3 aliphatic rings. The number of primary amides is 1. The zero-order chi connectivity index (χ0) is 32.9. The second kappa shape index (κ2) is 14.9. The average molecular weight is 663 g/mol. The third kappa shape index (κ3) is 7.96. The highest BCUT2D eigenvalue weighted by molar-refractivity contribution is 6.37. The summed E-state index contributed by atoms with van der Waals surface area (Å²) in [5.41, 5.74) is 7.70. The highest BCUT2D eigenvalue weighted by atomic mass is 35.5. The lowest BCUT2D eigenvalue weighted by molar-refractivity contribution is -0.142. The van der Waals surface area contributed by atoms with E-state index in [1.165, 1.54) is 0 Å². The minimum absolute atomic E-state index is 0.0886. The normalized spacial score (nSPS) is 20.7. The topological polar surface area (TPSA) is 151 Å². The molecule has 4 N–H and O–H groups in total. The molecule has 1 aromatic heterocycles. The number of amides is 3. The molecule has 0 radical (unpaired) electrons. The summed E-state index contributed by atoms with van der Waals surface area (Å²) in [6.07, 6.45) is 8.36. The lowest BCUT2D eigenvalue weighted by Crippen LogP contribution is -2.63. The van der Waals surface area contributed by atoms with Crippen LogP contribution in [0.15, 0.2) is 52.9 Å². The van der Waals surface area contributed by atoms with Gasteiger partial charge in [0.05, 0.1) is 6.04 Å². The summed E-state index contributed by atoms with van der Waals surface area (Å²) >= 11 is 6.12. The van der Waals surface area contributed by atoms with Gasteiger partial charge in [0.2, 0.25) is 17.6 Å². The van der Waals surface area contributed by atoms with Gasteiger partial charge < -0.3 is 25.7 Å². The number of piperazine rings is 1. The van der Waals surface area contributed by atoms with Crippen LogP contribution in [-0.2, 0) is 25.7 Å². The van der Waals surface area contributed by atoms with E-state index in [0.717, 1.165) is 56.9 Å². The molecule has 3 amide bonds. The number of rotatable bonds is 12. The van der Waals surface area contributed by atoms with Crippen molar-refractivity contribution in [3.8, 4) is 0 Å². The van der Waals surface area contributed by atoms with Gasteiger partial charge in [0.15, 0.2) is 5.58 Å². The number of para-hydroxylation sites is 2. The van der Waals surface area contributed by atoms with Crippen LogP contribution in [0.25, 0.3) is 11.1 Å². The fraction of sp³-hybridized carbons (Fsp3) is 0.514. The quantitative estimate of drug-likeness (QED) is 0.243. The predicted molar refractivity (Wildman–Crippen MR) is 178 cm³/mol. The number of halogens is 1. The summed E-state index contributed by atoms with van der Waals surface area (Å²) in [4.78, 5) is 61.5. The molecule has 2 aromatic carbocycles. The first-order valence-corrected chi connectivity index (χ1v) is 17.2. The summed E-state index contributed by atoms with van der Waals surface area (Å²) in [5.74, 6) is -2.02. The van der Waals surface area contributed by atoms with Gasteiger partial charge in [-0.05, 0) is 60.9 Å². The number of hydrogen-bond acceptors (Lipinski definition) is 8. The van der Waals surface area contributed by atoms with Crippen molar-refractivity contribution < 1.29 is 23.6 Å². The molecule has 1 saturated heterocycles. The third-order valence-electron chi connectivity index (χ3n) is 10.0. The Morgan fingerprint density at radius 3 is 2.38 bits per heavy atom. The number of hydrogen-bond donors (Lipinski definition) is 3. The first-order valence-electron chi connectivity index (χ1n) is 16.8. The van der Waals surface area contributed by atoms with Crippen molar-refractivity contribution in [1.29, 1.82) is 0 Å². The first kappa shape index (κ1) is 33.0. The van der Waals surface area contributed by atoms with Crippen molar-refractivity contribution in [1.82, 2.24) is 20.1 Å². The Kier molecular flexibility index (Phi) is 10.4. The van der Waals surface area contributed by atoms with Crippen LogP contribution in [-0.4, -0.2) is 76.0 Å². The number of carbonyl (C=O) groups is 4. The molecule has 1 unspecified atom stereocenters. The van der Waals surface area contributed by atoms with E-state index in [1.54, 1.807) is 17.0 Å². The van der Waals surface area contributed by atoms with E-state index in [-0.39, 0.29) is 24.3 Å². The fourth-order valence-electron chi connectivity index (χ4n) is 7.13. The van der Waals surface area contributed by atoms with Crippen LogP contribution in [0.2, 0.25) is 5.02 Å². The van der Waals surface area contributed by atoms with Crippen LogP contribution in [0.1, 0.15) is 63.4 Å². The van der Waals surface area contributed by atoms with Crippen LogP contribution >= 0.6 is 11.6 Å². The SMILES string of the molecule is NC(=O)C(=O)C(CC1CCC1)NC(=O)[C@H]1CN(C(=O)[C@@H](Nc2nc3ccccc3o2)C2CCCCC2)CCN1Cc1ccc(Cl)cc1. The average Bonchev–Trinajstić information content (AvgIpc) is 3.48. The molecule has 0 spiro atoms. The van der Waals surface area contributed by atoms with E-state index in [0.29, 0.717) is 48.2 Å². The largest absolute Gasteiger partial charge is 0.424 e. The summed E-state index contributed by atoms with van der Waals surface area (Å²) in [6, 6.07) is 12.9. The minimum atomic E-state index is -1.06. The summed E-state index contributed by atoms with van der Waals surface area (Å²) in [7, 11) is 0. The Bertz CT molecular complexity index is 1550. The molecule has 2 aliphatic carbocycles. The zero-order valence-electron chi connectivity index (χ0n) is 26.5. The van der Waals surface area contributed by atoms with Gasteiger partial charge in [-0.2, -0.15) is 4.98 Å². The number of aromatic nitrogens is 1. The molecule has 1 aliphatic heterocycles. The Hall–Kier alpha value is -3.96. The molecule has 11 nitrogen and oxygen atoms in total. The van der Waals surface area contributed by atoms with Crippen LogP contribution in [0.4, 0.5) is 6.01 Å². The number of fused-ring (bicyclic) bond motifs is 1. The fourth-order valence-corrected chi connectivity index (χ4v) is 7.25. The van der Waals surface area contributed by atoms with Crippen molar-refractivity contribution >= 4 is 52.2 Å². The number of ketones is 1. The zero-order valence-corrected chi connectivity index (χ0v) is 27.3. The maximum absolute atomic E-state index is 14.4. The maximum atomic E-state index is 14.4. The molecule has 2 heterocycles.